The predicted octanol–water partition coefficient (Wildman–Crippen LogP) is 1.91. The zero-order valence-electron chi connectivity index (χ0n) is 11.2. The first kappa shape index (κ1) is 14.4. The van der Waals surface area contributed by atoms with E-state index in [-0.39, 0.29) is 16.7 Å². The summed E-state index contributed by atoms with van der Waals surface area (Å²) in [5, 5.41) is 2.91. The average molecular weight is 214 g/mol. The number of rotatable bonds is 3. The highest BCUT2D eigenvalue weighted by atomic mass is 16.2. The second-order valence-corrected chi connectivity index (χ2v) is 6.54. The SMILES string of the molecule is CC(C)(N)C(=O)NCC(C)(C)C(C)(C)C. The van der Waals surface area contributed by atoms with E-state index in [0.717, 1.165) is 0 Å². The molecule has 0 radical (unpaired) electrons. The van der Waals surface area contributed by atoms with Crippen molar-refractivity contribution in [3.63, 3.8) is 0 Å². The van der Waals surface area contributed by atoms with Gasteiger partial charge in [0.15, 0.2) is 0 Å². The summed E-state index contributed by atoms with van der Waals surface area (Å²) in [6.45, 7) is 14.9. The molecule has 0 spiro atoms. The Kier molecular flexibility index (Phi) is 3.97. The van der Waals surface area contributed by atoms with Gasteiger partial charge in [-0.3, -0.25) is 4.79 Å². The second-order valence-electron chi connectivity index (χ2n) is 6.54. The summed E-state index contributed by atoms with van der Waals surface area (Å²) in [5.74, 6) is -0.0974. The zero-order valence-corrected chi connectivity index (χ0v) is 11.2. The molecule has 0 saturated carbocycles. The molecule has 0 aromatic heterocycles. The summed E-state index contributed by atoms with van der Waals surface area (Å²) >= 11 is 0. The van der Waals surface area contributed by atoms with Crippen LogP contribution in [0.3, 0.4) is 0 Å². The summed E-state index contributed by atoms with van der Waals surface area (Å²) in [6, 6.07) is 0. The lowest BCUT2D eigenvalue weighted by molar-refractivity contribution is -0.126. The highest BCUT2D eigenvalue weighted by Gasteiger charge is 2.34. The van der Waals surface area contributed by atoms with Crippen molar-refractivity contribution in [1.29, 1.82) is 0 Å². The lowest BCUT2D eigenvalue weighted by Gasteiger charge is -2.39. The van der Waals surface area contributed by atoms with Crippen LogP contribution in [0.1, 0.15) is 48.5 Å². The van der Waals surface area contributed by atoms with Crippen LogP contribution in [0.25, 0.3) is 0 Å². The second kappa shape index (κ2) is 4.12. The number of carbonyl (C=O) groups excluding carboxylic acids is 1. The normalized spacial score (nSPS) is 13.9. The molecule has 0 aliphatic heterocycles. The molecule has 3 N–H and O–H groups in total. The minimum atomic E-state index is -0.798. The first-order chi connectivity index (χ1) is 6.38. The molecule has 0 heterocycles. The van der Waals surface area contributed by atoms with Crippen molar-refractivity contribution in [3.05, 3.63) is 0 Å². The Bertz CT molecular complexity index is 231. The molecule has 0 aliphatic carbocycles. The van der Waals surface area contributed by atoms with E-state index < -0.39 is 5.54 Å². The molecule has 0 unspecified atom stereocenters. The molecule has 0 fully saturated rings. The predicted molar refractivity (Wildman–Crippen MR) is 64.5 cm³/mol. The molecule has 90 valence electrons. The number of carbonyl (C=O) groups is 1. The third-order valence-corrected chi connectivity index (χ3v) is 3.31. The van der Waals surface area contributed by atoms with Crippen molar-refractivity contribution in [3.8, 4) is 0 Å². The molecule has 0 atom stereocenters. The maximum Gasteiger partial charge on any atom is 0.239 e. The Balaban J connectivity index is 4.36. The van der Waals surface area contributed by atoms with Gasteiger partial charge in [0.25, 0.3) is 0 Å². The van der Waals surface area contributed by atoms with Gasteiger partial charge in [0.1, 0.15) is 0 Å². The molecule has 3 heteroatoms. The average Bonchev–Trinajstić information content (AvgIpc) is 1.96. The Morgan fingerprint density at radius 3 is 1.73 bits per heavy atom. The number of hydrogen-bond acceptors (Lipinski definition) is 2. The number of amides is 1. The zero-order chi connectivity index (χ0) is 12.5. The van der Waals surface area contributed by atoms with Crippen LogP contribution in [0.5, 0.6) is 0 Å². The van der Waals surface area contributed by atoms with Crippen LogP contribution in [-0.4, -0.2) is 18.0 Å². The topological polar surface area (TPSA) is 55.1 Å². The van der Waals surface area contributed by atoms with Crippen LogP contribution in [0.15, 0.2) is 0 Å². The fraction of sp³-hybridized carbons (Fsp3) is 0.917. The fourth-order valence-corrected chi connectivity index (χ4v) is 0.794. The van der Waals surface area contributed by atoms with Gasteiger partial charge >= 0.3 is 0 Å². The van der Waals surface area contributed by atoms with Gasteiger partial charge < -0.3 is 11.1 Å². The van der Waals surface area contributed by atoms with E-state index in [0.29, 0.717) is 6.54 Å². The van der Waals surface area contributed by atoms with Crippen LogP contribution >= 0.6 is 0 Å². The van der Waals surface area contributed by atoms with E-state index in [9.17, 15) is 4.79 Å². The Morgan fingerprint density at radius 2 is 1.47 bits per heavy atom. The van der Waals surface area contributed by atoms with Crippen LogP contribution in [-0.2, 0) is 4.79 Å². The molecule has 1 amide bonds. The number of nitrogens with two attached hydrogens (primary N) is 1. The maximum absolute atomic E-state index is 11.6. The first-order valence-corrected chi connectivity index (χ1v) is 5.45. The van der Waals surface area contributed by atoms with Crippen LogP contribution in [0.4, 0.5) is 0 Å². The Labute approximate surface area is 93.8 Å². The first-order valence-electron chi connectivity index (χ1n) is 5.45. The molecule has 0 rings (SSSR count). The van der Waals surface area contributed by atoms with Crippen molar-refractivity contribution in [2.24, 2.45) is 16.6 Å². The fourth-order valence-electron chi connectivity index (χ4n) is 0.794. The quantitative estimate of drug-likeness (QED) is 0.754. The monoisotopic (exact) mass is 214 g/mol. The molecule has 0 bridgehead atoms. The Hall–Kier alpha value is -0.570. The van der Waals surface area contributed by atoms with E-state index in [1.54, 1.807) is 13.8 Å². The molecule has 0 aliphatic rings. The maximum atomic E-state index is 11.6. The summed E-state index contributed by atoms with van der Waals surface area (Å²) in [5.41, 5.74) is 5.11. The molecule has 0 aromatic rings. The molecular formula is C12H26N2O. The van der Waals surface area contributed by atoms with E-state index in [4.69, 9.17) is 5.73 Å². The molecular weight excluding hydrogens is 188 g/mol. The van der Waals surface area contributed by atoms with Crippen molar-refractivity contribution in [1.82, 2.24) is 5.32 Å². The minimum Gasteiger partial charge on any atom is -0.354 e. The molecule has 15 heavy (non-hydrogen) atoms. The van der Waals surface area contributed by atoms with Gasteiger partial charge in [-0.15, -0.1) is 0 Å². The molecule has 0 saturated heterocycles. The van der Waals surface area contributed by atoms with Crippen LogP contribution < -0.4 is 11.1 Å². The summed E-state index contributed by atoms with van der Waals surface area (Å²) in [7, 11) is 0. The van der Waals surface area contributed by atoms with Crippen LogP contribution in [0.2, 0.25) is 0 Å². The molecule has 0 aromatic carbocycles. The lowest BCUT2D eigenvalue weighted by Crippen LogP contribution is -2.52. The van der Waals surface area contributed by atoms with Gasteiger partial charge in [0.2, 0.25) is 5.91 Å². The van der Waals surface area contributed by atoms with E-state index in [2.05, 4.69) is 39.9 Å². The highest BCUT2D eigenvalue weighted by molar-refractivity contribution is 5.85. The summed E-state index contributed by atoms with van der Waals surface area (Å²) in [4.78, 5) is 11.6. The van der Waals surface area contributed by atoms with E-state index in [1.807, 2.05) is 0 Å². The van der Waals surface area contributed by atoms with Crippen molar-refractivity contribution in [2.45, 2.75) is 54.0 Å². The van der Waals surface area contributed by atoms with Gasteiger partial charge in [-0.25, -0.2) is 0 Å². The van der Waals surface area contributed by atoms with Crippen molar-refractivity contribution in [2.75, 3.05) is 6.54 Å². The molecule has 3 nitrogen and oxygen atoms in total. The van der Waals surface area contributed by atoms with Gasteiger partial charge in [0.05, 0.1) is 5.54 Å². The van der Waals surface area contributed by atoms with E-state index in [1.165, 1.54) is 0 Å². The summed E-state index contributed by atoms with van der Waals surface area (Å²) < 4.78 is 0. The standard InChI is InChI=1S/C12H26N2O/c1-10(2,3)11(4,5)8-14-9(15)12(6,7)13/h8,13H2,1-7H3,(H,14,15). The largest absolute Gasteiger partial charge is 0.354 e. The van der Waals surface area contributed by atoms with Gasteiger partial charge in [0, 0.05) is 6.54 Å². The third kappa shape index (κ3) is 4.20. The van der Waals surface area contributed by atoms with Crippen LogP contribution in [0, 0.1) is 10.8 Å². The smallest absolute Gasteiger partial charge is 0.239 e. The van der Waals surface area contributed by atoms with Gasteiger partial charge in [-0.1, -0.05) is 34.6 Å². The van der Waals surface area contributed by atoms with Gasteiger partial charge in [-0.2, -0.15) is 0 Å². The lowest BCUT2D eigenvalue weighted by atomic mass is 9.69. The highest BCUT2D eigenvalue weighted by Crippen LogP contribution is 2.36. The Morgan fingerprint density at radius 1 is 1.07 bits per heavy atom. The minimum absolute atomic E-state index is 0.0495. The summed E-state index contributed by atoms with van der Waals surface area (Å²) in [6.07, 6.45) is 0. The number of hydrogen-bond donors (Lipinski definition) is 2. The van der Waals surface area contributed by atoms with Gasteiger partial charge in [-0.05, 0) is 24.7 Å². The van der Waals surface area contributed by atoms with Crippen molar-refractivity contribution >= 4 is 5.91 Å². The third-order valence-electron chi connectivity index (χ3n) is 3.31. The number of nitrogens with one attached hydrogen (secondary N) is 1. The van der Waals surface area contributed by atoms with Crippen molar-refractivity contribution < 1.29 is 4.79 Å². The van der Waals surface area contributed by atoms with E-state index >= 15 is 0 Å².